The van der Waals surface area contributed by atoms with E-state index in [-0.39, 0.29) is 17.5 Å². The Labute approximate surface area is 240 Å². The molecule has 10 heteroatoms. The molecule has 0 radical (unpaired) electrons. The van der Waals surface area contributed by atoms with Crippen LogP contribution >= 0.6 is 11.6 Å². The Morgan fingerprint density at radius 3 is 2.56 bits per heavy atom. The minimum absolute atomic E-state index is 0.102. The van der Waals surface area contributed by atoms with Crippen LogP contribution in [0.25, 0.3) is 27.3 Å². The first kappa shape index (κ1) is 25.6. The van der Waals surface area contributed by atoms with Gasteiger partial charge in [-0.2, -0.15) is 0 Å². The van der Waals surface area contributed by atoms with Crippen molar-refractivity contribution in [1.82, 2.24) is 29.6 Å². The topological polar surface area (TPSA) is 93.8 Å². The van der Waals surface area contributed by atoms with Crippen molar-refractivity contribution in [1.29, 1.82) is 0 Å². The van der Waals surface area contributed by atoms with Crippen molar-refractivity contribution in [2.75, 3.05) is 26.3 Å². The molecule has 0 atom stereocenters. The molecule has 0 spiro atoms. The Hall–Kier alpha value is -4.31. The van der Waals surface area contributed by atoms with E-state index in [9.17, 15) is 9.59 Å². The predicted octanol–water partition coefficient (Wildman–Crippen LogP) is 4.10. The van der Waals surface area contributed by atoms with Gasteiger partial charge in [0.25, 0.3) is 5.91 Å². The minimum Gasteiger partial charge on any atom is -0.379 e. The number of aromatic nitrogens is 4. The number of hydrogen-bond donors (Lipinski definition) is 1. The zero-order valence-electron chi connectivity index (χ0n) is 22.2. The minimum atomic E-state index is -0.417. The summed E-state index contributed by atoms with van der Waals surface area (Å²) in [6.45, 7) is 4.50. The second-order valence-corrected chi connectivity index (χ2v) is 10.8. The Kier molecular flexibility index (Phi) is 6.62. The third-order valence-corrected chi connectivity index (χ3v) is 7.94. The number of benzene rings is 3. The largest absolute Gasteiger partial charge is 0.379 e. The van der Waals surface area contributed by atoms with Gasteiger partial charge < -0.3 is 14.5 Å². The fourth-order valence-corrected chi connectivity index (χ4v) is 5.73. The second kappa shape index (κ2) is 10.6. The van der Waals surface area contributed by atoms with Gasteiger partial charge in [0, 0.05) is 54.4 Å². The van der Waals surface area contributed by atoms with Gasteiger partial charge in [-0.3, -0.25) is 14.5 Å². The van der Waals surface area contributed by atoms with Crippen LogP contribution < -0.4 is 10.7 Å². The van der Waals surface area contributed by atoms with E-state index in [1.807, 2.05) is 57.7 Å². The SMILES string of the molecule is O=C(NCc1ccc(Cl)cc1)c1cn2cc(Cn3nnc4ccccc43)c3cc(CN4CCOCC4)cc(c1=O)c32. The van der Waals surface area contributed by atoms with Crippen molar-refractivity contribution in [3.8, 4) is 0 Å². The summed E-state index contributed by atoms with van der Waals surface area (Å²) in [6, 6.07) is 19.2. The molecule has 9 nitrogen and oxygen atoms in total. The van der Waals surface area contributed by atoms with E-state index in [2.05, 4.69) is 26.6 Å². The van der Waals surface area contributed by atoms with Crippen molar-refractivity contribution in [2.24, 2.45) is 0 Å². The lowest BCUT2D eigenvalue weighted by Gasteiger charge is -2.26. The first-order valence-corrected chi connectivity index (χ1v) is 13.9. The van der Waals surface area contributed by atoms with Crippen LogP contribution in [0.5, 0.6) is 0 Å². The first-order chi connectivity index (χ1) is 20.0. The standard InChI is InChI=1S/C31H27ClN6O3/c32-23-7-5-20(6-8-23)15-33-31(40)26-19-37-17-22(18-38-28-4-2-1-3-27(28)34-35-38)24-13-21(14-25(29(24)37)30(26)39)16-36-9-11-41-12-10-36/h1-8,13-14,17,19H,9-12,15-16,18H2,(H,33,40). The Bertz CT molecular complexity index is 1940. The molecule has 1 saturated heterocycles. The molecule has 1 N–H and O–H groups in total. The monoisotopic (exact) mass is 566 g/mol. The van der Waals surface area contributed by atoms with Crippen LogP contribution in [0.3, 0.4) is 0 Å². The van der Waals surface area contributed by atoms with Crippen molar-refractivity contribution < 1.29 is 9.53 Å². The quantitative estimate of drug-likeness (QED) is 0.313. The van der Waals surface area contributed by atoms with E-state index in [0.717, 1.165) is 51.7 Å². The molecule has 0 unspecified atom stereocenters. The van der Waals surface area contributed by atoms with E-state index in [4.69, 9.17) is 16.3 Å². The number of fused-ring (bicyclic) bond motifs is 1. The number of ether oxygens (including phenoxy) is 1. The molecule has 3 aromatic heterocycles. The Balaban J connectivity index is 1.30. The van der Waals surface area contributed by atoms with Crippen molar-refractivity contribution in [3.05, 3.63) is 111 Å². The summed E-state index contributed by atoms with van der Waals surface area (Å²) in [6.07, 6.45) is 3.63. The van der Waals surface area contributed by atoms with E-state index < -0.39 is 5.91 Å². The van der Waals surface area contributed by atoms with Crippen LogP contribution in [0, 0.1) is 0 Å². The lowest BCUT2D eigenvalue weighted by molar-refractivity contribution is 0.0342. The zero-order chi connectivity index (χ0) is 27.9. The number of carbonyl (C=O) groups is 1. The number of nitrogens with one attached hydrogen (secondary N) is 1. The van der Waals surface area contributed by atoms with Gasteiger partial charge in [0.2, 0.25) is 5.43 Å². The highest BCUT2D eigenvalue weighted by Crippen LogP contribution is 2.29. The molecule has 1 aliphatic heterocycles. The smallest absolute Gasteiger partial charge is 0.257 e. The van der Waals surface area contributed by atoms with E-state index in [1.54, 1.807) is 18.3 Å². The van der Waals surface area contributed by atoms with Gasteiger partial charge >= 0.3 is 0 Å². The van der Waals surface area contributed by atoms with Crippen LogP contribution in [0.4, 0.5) is 0 Å². The molecule has 6 aromatic rings. The van der Waals surface area contributed by atoms with Crippen molar-refractivity contribution in [3.63, 3.8) is 0 Å². The molecule has 1 fully saturated rings. The van der Waals surface area contributed by atoms with Gasteiger partial charge in [-0.25, -0.2) is 4.68 Å². The fraction of sp³-hybridized carbons (Fsp3) is 0.226. The third-order valence-electron chi connectivity index (χ3n) is 7.69. The maximum atomic E-state index is 13.8. The second-order valence-electron chi connectivity index (χ2n) is 10.4. The highest BCUT2D eigenvalue weighted by atomic mass is 35.5. The van der Waals surface area contributed by atoms with Crippen LogP contribution in [0.1, 0.15) is 27.0 Å². The predicted molar refractivity (Wildman–Crippen MR) is 158 cm³/mol. The van der Waals surface area contributed by atoms with Crippen LogP contribution in [-0.4, -0.2) is 56.5 Å². The Morgan fingerprint density at radius 2 is 1.73 bits per heavy atom. The molecule has 41 heavy (non-hydrogen) atoms. The van der Waals surface area contributed by atoms with E-state index in [0.29, 0.717) is 36.7 Å². The molecule has 0 bridgehead atoms. The number of morpholine rings is 1. The number of halogens is 1. The lowest BCUT2D eigenvalue weighted by atomic mass is 10.0. The summed E-state index contributed by atoms with van der Waals surface area (Å²) in [5.74, 6) is -0.417. The van der Waals surface area contributed by atoms with E-state index >= 15 is 0 Å². The van der Waals surface area contributed by atoms with Gasteiger partial charge in [0.15, 0.2) is 0 Å². The summed E-state index contributed by atoms with van der Waals surface area (Å²) in [4.78, 5) is 29.5. The molecular formula is C31H27ClN6O3. The molecule has 4 heterocycles. The molecule has 3 aromatic carbocycles. The summed E-state index contributed by atoms with van der Waals surface area (Å²) >= 11 is 5.99. The summed E-state index contributed by atoms with van der Waals surface area (Å²) in [5.41, 5.74) is 5.28. The van der Waals surface area contributed by atoms with Gasteiger partial charge in [-0.1, -0.05) is 41.1 Å². The summed E-state index contributed by atoms with van der Waals surface area (Å²) in [7, 11) is 0. The highest BCUT2D eigenvalue weighted by Gasteiger charge is 2.21. The first-order valence-electron chi connectivity index (χ1n) is 13.6. The fourth-order valence-electron chi connectivity index (χ4n) is 5.61. The highest BCUT2D eigenvalue weighted by molar-refractivity contribution is 6.30. The maximum absolute atomic E-state index is 13.8. The van der Waals surface area contributed by atoms with E-state index in [1.165, 1.54) is 0 Å². The molecular weight excluding hydrogens is 540 g/mol. The van der Waals surface area contributed by atoms with Crippen molar-refractivity contribution >= 4 is 44.8 Å². The number of pyridine rings is 1. The van der Waals surface area contributed by atoms with Crippen LogP contribution in [-0.2, 0) is 24.4 Å². The normalized spacial score (nSPS) is 14.4. The van der Waals surface area contributed by atoms with Gasteiger partial charge in [0.05, 0.1) is 30.8 Å². The molecule has 0 aliphatic carbocycles. The van der Waals surface area contributed by atoms with Crippen LogP contribution in [0.2, 0.25) is 5.02 Å². The molecule has 7 rings (SSSR count). The van der Waals surface area contributed by atoms with Gasteiger partial charge in [-0.05, 0) is 53.1 Å². The summed E-state index contributed by atoms with van der Waals surface area (Å²) < 4.78 is 9.29. The number of carbonyl (C=O) groups excluding carboxylic acids is 1. The lowest BCUT2D eigenvalue weighted by Crippen LogP contribution is -2.35. The summed E-state index contributed by atoms with van der Waals surface area (Å²) in [5, 5.41) is 13.7. The third kappa shape index (κ3) is 4.93. The molecule has 1 aliphatic rings. The number of hydrogen-bond acceptors (Lipinski definition) is 6. The Morgan fingerprint density at radius 1 is 0.951 bits per heavy atom. The van der Waals surface area contributed by atoms with Gasteiger partial charge in [0.1, 0.15) is 11.1 Å². The average Bonchev–Trinajstić information content (AvgIpc) is 3.56. The molecule has 1 amide bonds. The molecule has 0 saturated carbocycles. The average molecular weight is 567 g/mol. The van der Waals surface area contributed by atoms with Crippen LogP contribution in [0.15, 0.2) is 77.9 Å². The number of nitrogens with zero attached hydrogens (tertiary/aromatic N) is 5. The number of rotatable bonds is 7. The van der Waals surface area contributed by atoms with Crippen molar-refractivity contribution in [2.45, 2.75) is 19.6 Å². The maximum Gasteiger partial charge on any atom is 0.257 e. The number of para-hydroxylation sites is 1. The number of amides is 1. The molecule has 206 valence electrons. The zero-order valence-corrected chi connectivity index (χ0v) is 23.0. The van der Waals surface area contributed by atoms with Gasteiger partial charge in [-0.15, -0.1) is 5.10 Å².